The summed E-state index contributed by atoms with van der Waals surface area (Å²) < 4.78 is 0.885. The van der Waals surface area contributed by atoms with E-state index in [1.165, 1.54) is 0 Å². The number of nitro groups is 1. The lowest BCUT2D eigenvalue weighted by Gasteiger charge is -2.12. The molecule has 1 heterocycles. The van der Waals surface area contributed by atoms with E-state index in [9.17, 15) is 24.5 Å². The van der Waals surface area contributed by atoms with E-state index in [-0.39, 0.29) is 11.7 Å². The molecule has 1 aromatic heterocycles. The van der Waals surface area contributed by atoms with E-state index in [0.29, 0.717) is 0 Å². The van der Waals surface area contributed by atoms with Gasteiger partial charge in [0.25, 0.3) is 11.2 Å². The van der Waals surface area contributed by atoms with E-state index in [1.807, 2.05) is 0 Å². The van der Waals surface area contributed by atoms with Crippen LogP contribution in [-0.4, -0.2) is 27.5 Å². The van der Waals surface area contributed by atoms with Crippen molar-refractivity contribution in [3.05, 3.63) is 38.8 Å². The van der Waals surface area contributed by atoms with E-state index in [0.717, 1.165) is 48.6 Å². The van der Waals surface area contributed by atoms with Crippen LogP contribution in [0.5, 0.6) is 0 Å². The molecule has 0 spiro atoms. The number of nitrogens with one attached hydrogen (secondary N) is 2. The molecule has 2 N–H and O–H groups in total. The summed E-state index contributed by atoms with van der Waals surface area (Å²) in [6.45, 7) is -0.460. The number of rotatable bonds is 4. The van der Waals surface area contributed by atoms with Crippen molar-refractivity contribution < 1.29 is 14.5 Å². The van der Waals surface area contributed by atoms with Gasteiger partial charge in [0.05, 0.1) is 11.1 Å². The predicted molar refractivity (Wildman–Crippen MR) is 76.3 cm³/mol. The van der Waals surface area contributed by atoms with Gasteiger partial charge in [0.1, 0.15) is 6.54 Å². The minimum absolute atomic E-state index is 0.0633. The zero-order chi connectivity index (χ0) is 16.1. The third-order valence-corrected chi connectivity index (χ3v) is 3.44. The first-order chi connectivity index (χ1) is 10.5. The number of hydrogen-bond acceptors (Lipinski definition) is 5. The Balaban J connectivity index is 1.93. The second kappa shape index (κ2) is 6.83. The SMILES string of the molecule is O=C(Cn1cc([N+](=O)[O-])ccc1=O)NC(=O)NC1CCCC1. The molecule has 118 valence electrons. The Morgan fingerprint density at radius 3 is 2.64 bits per heavy atom. The Bertz CT molecular complexity index is 648. The van der Waals surface area contributed by atoms with Crippen LogP contribution in [0.2, 0.25) is 0 Å². The smallest absolute Gasteiger partial charge is 0.321 e. The van der Waals surface area contributed by atoms with Crippen LogP contribution in [0.3, 0.4) is 0 Å². The van der Waals surface area contributed by atoms with Crippen LogP contribution >= 0.6 is 0 Å². The Morgan fingerprint density at radius 1 is 1.32 bits per heavy atom. The van der Waals surface area contributed by atoms with Gasteiger partial charge < -0.3 is 5.32 Å². The summed E-state index contributed by atoms with van der Waals surface area (Å²) in [6.07, 6.45) is 4.82. The van der Waals surface area contributed by atoms with E-state index in [2.05, 4.69) is 10.6 Å². The molecule has 0 atom stereocenters. The van der Waals surface area contributed by atoms with Gasteiger partial charge in [-0.1, -0.05) is 12.8 Å². The third kappa shape index (κ3) is 4.14. The molecule has 0 saturated heterocycles. The fraction of sp³-hybridized carbons (Fsp3) is 0.462. The highest BCUT2D eigenvalue weighted by atomic mass is 16.6. The maximum absolute atomic E-state index is 11.7. The normalized spacial score (nSPS) is 14.5. The highest BCUT2D eigenvalue weighted by Gasteiger charge is 2.18. The van der Waals surface area contributed by atoms with E-state index in [1.54, 1.807) is 0 Å². The molecule has 0 bridgehead atoms. The van der Waals surface area contributed by atoms with Gasteiger partial charge in [-0.25, -0.2) is 4.79 Å². The maximum Gasteiger partial charge on any atom is 0.321 e. The monoisotopic (exact) mass is 308 g/mol. The van der Waals surface area contributed by atoms with Crippen molar-refractivity contribution in [2.45, 2.75) is 38.3 Å². The molecule has 1 fully saturated rings. The van der Waals surface area contributed by atoms with Gasteiger partial charge in [-0.2, -0.15) is 0 Å². The number of carbonyl (C=O) groups excluding carboxylic acids is 2. The topological polar surface area (TPSA) is 123 Å². The fourth-order valence-corrected chi connectivity index (χ4v) is 2.36. The number of urea groups is 1. The zero-order valence-corrected chi connectivity index (χ0v) is 11.8. The molecule has 0 aliphatic heterocycles. The molecule has 1 saturated carbocycles. The highest BCUT2D eigenvalue weighted by molar-refractivity contribution is 5.94. The van der Waals surface area contributed by atoms with Crippen molar-refractivity contribution >= 4 is 17.6 Å². The van der Waals surface area contributed by atoms with Gasteiger partial charge in [-0.05, 0) is 12.8 Å². The summed E-state index contributed by atoms with van der Waals surface area (Å²) in [5.74, 6) is -0.710. The number of hydrogen-bond donors (Lipinski definition) is 2. The van der Waals surface area contributed by atoms with Gasteiger partial charge in [-0.15, -0.1) is 0 Å². The molecule has 1 aliphatic rings. The maximum atomic E-state index is 11.7. The van der Waals surface area contributed by atoms with Gasteiger partial charge in [0.2, 0.25) is 5.91 Å². The second-order valence-electron chi connectivity index (χ2n) is 5.11. The lowest BCUT2D eigenvalue weighted by molar-refractivity contribution is -0.385. The largest absolute Gasteiger partial charge is 0.335 e. The fourth-order valence-electron chi connectivity index (χ4n) is 2.36. The zero-order valence-electron chi connectivity index (χ0n) is 11.8. The van der Waals surface area contributed by atoms with Crippen molar-refractivity contribution in [1.82, 2.24) is 15.2 Å². The molecular formula is C13H16N4O5. The number of carbonyl (C=O) groups is 2. The van der Waals surface area contributed by atoms with Crippen molar-refractivity contribution in [1.29, 1.82) is 0 Å². The van der Waals surface area contributed by atoms with Crippen LogP contribution < -0.4 is 16.2 Å². The number of imide groups is 1. The molecule has 1 aliphatic carbocycles. The summed E-state index contributed by atoms with van der Waals surface area (Å²) in [5.41, 5.74) is -0.861. The molecule has 3 amide bonds. The van der Waals surface area contributed by atoms with Crippen LogP contribution in [0, 0.1) is 10.1 Å². The lowest BCUT2D eigenvalue weighted by Crippen LogP contribution is -2.45. The van der Waals surface area contributed by atoms with Crippen molar-refractivity contribution in [2.75, 3.05) is 0 Å². The Kier molecular flexibility index (Phi) is 4.87. The number of amides is 3. The summed E-state index contributed by atoms with van der Waals surface area (Å²) in [4.78, 5) is 44.9. The predicted octanol–water partition coefficient (Wildman–Crippen LogP) is 0.525. The first-order valence-electron chi connectivity index (χ1n) is 6.91. The van der Waals surface area contributed by atoms with Crippen molar-refractivity contribution in [2.24, 2.45) is 0 Å². The van der Waals surface area contributed by atoms with Gasteiger partial charge >= 0.3 is 6.03 Å². The average Bonchev–Trinajstić information content (AvgIpc) is 2.93. The quantitative estimate of drug-likeness (QED) is 0.620. The molecule has 9 heteroatoms. The van der Waals surface area contributed by atoms with Crippen molar-refractivity contribution in [3.63, 3.8) is 0 Å². The van der Waals surface area contributed by atoms with Crippen LogP contribution in [0.15, 0.2) is 23.1 Å². The third-order valence-electron chi connectivity index (χ3n) is 3.44. The lowest BCUT2D eigenvalue weighted by atomic mass is 10.2. The van der Waals surface area contributed by atoms with Gasteiger partial charge in [0, 0.05) is 18.2 Å². The molecule has 2 rings (SSSR count). The molecule has 0 aromatic carbocycles. The summed E-state index contributed by atoms with van der Waals surface area (Å²) in [5, 5.41) is 15.4. The number of pyridine rings is 1. The van der Waals surface area contributed by atoms with E-state index >= 15 is 0 Å². The van der Waals surface area contributed by atoms with E-state index < -0.39 is 29.0 Å². The van der Waals surface area contributed by atoms with Crippen LogP contribution in [0.25, 0.3) is 0 Å². The highest BCUT2D eigenvalue weighted by Crippen LogP contribution is 2.17. The molecule has 9 nitrogen and oxygen atoms in total. The van der Waals surface area contributed by atoms with Gasteiger partial charge in [0.15, 0.2) is 0 Å². The Morgan fingerprint density at radius 2 is 2.00 bits per heavy atom. The first-order valence-corrected chi connectivity index (χ1v) is 6.91. The molecule has 1 aromatic rings. The second-order valence-corrected chi connectivity index (χ2v) is 5.11. The van der Waals surface area contributed by atoms with Crippen LogP contribution in [-0.2, 0) is 11.3 Å². The first kappa shape index (κ1) is 15.7. The van der Waals surface area contributed by atoms with Crippen LogP contribution in [0.4, 0.5) is 10.5 Å². The summed E-state index contributed by atoms with van der Waals surface area (Å²) >= 11 is 0. The average molecular weight is 308 g/mol. The Labute approximate surface area is 125 Å². The molecule has 22 heavy (non-hydrogen) atoms. The number of aromatic nitrogens is 1. The van der Waals surface area contributed by atoms with Gasteiger partial charge in [-0.3, -0.25) is 29.6 Å². The minimum Gasteiger partial charge on any atom is -0.335 e. The molecular weight excluding hydrogens is 292 g/mol. The minimum atomic E-state index is -0.710. The standard InChI is InChI=1S/C13H16N4O5/c18-11(15-13(20)14-9-3-1-2-4-9)8-16-7-10(17(21)22)5-6-12(16)19/h5-7,9H,1-4,8H2,(H2,14,15,18,20). The molecule has 0 unspecified atom stereocenters. The summed E-state index contributed by atoms with van der Waals surface area (Å²) in [6, 6.07) is 1.51. The Hall–Kier alpha value is -2.71. The number of nitrogens with zero attached hydrogens (tertiary/aromatic N) is 2. The van der Waals surface area contributed by atoms with Crippen molar-refractivity contribution in [3.8, 4) is 0 Å². The van der Waals surface area contributed by atoms with Crippen LogP contribution in [0.1, 0.15) is 25.7 Å². The molecule has 0 radical (unpaired) electrons. The summed E-state index contributed by atoms with van der Waals surface area (Å²) in [7, 11) is 0. The van der Waals surface area contributed by atoms with E-state index in [4.69, 9.17) is 0 Å².